The predicted octanol–water partition coefficient (Wildman–Crippen LogP) is 12.3. The molecule has 46 heavy (non-hydrogen) atoms. The van der Waals surface area contributed by atoms with E-state index >= 15 is 0 Å². The molecule has 0 spiro atoms. The molecule has 0 aliphatic heterocycles. The summed E-state index contributed by atoms with van der Waals surface area (Å²) < 4.78 is 2.52. The van der Waals surface area contributed by atoms with Gasteiger partial charge in [-0.15, -0.1) is 0 Å². The summed E-state index contributed by atoms with van der Waals surface area (Å²) in [5, 5.41) is 9.65. The van der Waals surface area contributed by atoms with Crippen molar-refractivity contribution in [1.82, 2.24) is 4.57 Å². The van der Waals surface area contributed by atoms with Gasteiger partial charge in [-0.2, -0.15) is 5.10 Å². The number of para-hydroxylation sites is 2. The van der Waals surface area contributed by atoms with E-state index in [1.54, 1.807) is 0 Å². The van der Waals surface area contributed by atoms with Crippen molar-refractivity contribution in [2.24, 2.45) is 5.10 Å². The van der Waals surface area contributed by atoms with Crippen molar-refractivity contribution >= 4 is 51.5 Å². The maximum Gasteiger partial charge on any atom is 0.0653 e. The molecule has 1 heterocycles. The van der Waals surface area contributed by atoms with Gasteiger partial charge in [0, 0.05) is 28.4 Å². The van der Waals surface area contributed by atoms with Crippen LogP contribution in [-0.2, 0) is 6.54 Å². The zero-order valence-electron chi connectivity index (χ0n) is 27.1. The molecular weight excluding hydrogens is 558 g/mol. The van der Waals surface area contributed by atoms with E-state index in [9.17, 15) is 0 Å². The number of rotatable bonds is 15. The Morgan fingerprint density at radius 3 is 1.83 bits per heavy atom. The third-order valence-electron chi connectivity index (χ3n) is 8.76. The standard InChI is InChI=1S/C43H45N3/c1-2-3-4-5-6-7-8-17-32-45-42-23-16-15-22-40(42)41-33-37(28-31-43(41)45)34-44-46(38-20-13-10-14-21-38)39-29-26-36(27-30-39)25-24-35-18-11-9-12-19-35/h9-16,18-31,33-34H,2-8,17,32H2,1H3. The molecule has 5 aromatic carbocycles. The molecule has 0 saturated carbocycles. The lowest BCUT2D eigenvalue weighted by Crippen LogP contribution is -2.09. The summed E-state index contributed by atoms with van der Waals surface area (Å²) in [6.07, 6.45) is 17.0. The van der Waals surface area contributed by atoms with Gasteiger partial charge in [-0.25, -0.2) is 5.01 Å². The van der Waals surface area contributed by atoms with Crippen molar-refractivity contribution in [2.75, 3.05) is 5.01 Å². The van der Waals surface area contributed by atoms with Crippen molar-refractivity contribution in [1.29, 1.82) is 0 Å². The molecule has 232 valence electrons. The molecule has 0 unspecified atom stereocenters. The molecular formula is C43H45N3. The van der Waals surface area contributed by atoms with Gasteiger partial charge in [-0.3, -0.25) is 0 Å². The highest BCUT2D eigenvalue weighted by Crippen LogP contribution is 2.31. The first-order valence-electron chi connectivity index (χ1n) is 17.0. The molecule has 3 heteroatoms. The Hall–Kier alpha value is -4.89. The molecule has 0 saturated heterocycles. The zero-order chi connectivity index (χ0) is 31.4. The molecule has 0 bridgehead atoms. The van der Waals surface area contributed by atoms with Gasteiger partial charge in [0.1, 0.15) is 0 Å². The Balaban J connectivity index is 1.21. The Morgan fingerprint density at radius 1 is 0.522 bits per heavy atom. The van der Waals surface area contributed by atoms with Crippen molar-refractivity contribution in [3.05, 3.63) is 144 Å². The van der Waals surface area contributed by atoms with Gasteiger partial charge in [0.25, 0.3) is 0 Å². The van der Waals surface area contributed by atoms with Crippen LogP contribution >= 0.6 is 0 Å². The minimum Gasteiger partial charge on any atom is -0.340 e. The number of hydrogen-bond acceptors (Lipinski definition) is 2. The van der Waals surface area contributed by atoms with E-state index in [0.29, 0.717) is 0 Å². The third kappa shape index (κ3) is 7.84. The normalized spacial score (nSPS) is 11.8. The van der Waals surface area contributed by atoms with Crippen LogP contribution in [0.15, 0.2) is 132 Å². The molecule has 3 nitrogen and oxygen atoms in total. The van der Waals surface area contributed by atoms with Gasteiger partial charge in [0.15, 0.2) is 0 Å². The average molecular weight is 604 g/mol. The van der Waals surface area contributed by atoms with E-state index in [1.807, 2.05) is 23.4 Å². The van der Waals surface area contributed by atoms with E-state index in [4.69, 9.17) is 5.10 Å². The first kappa shape index (κ1) is 31.1. The Labute approximate surface area is 274 Å². The van der Waals surface area contributed by atoms with Crippen molar-refractivity contribution in [2.45, 2.75) is 64.8 Å². The number of aryl methyl sites for hydroxylation is 1. The van der Waals surface area contributed by atoms with Crippen LogP contribution in [-0.4, -0.2) is 10.8 Å². The summed E-state index contributed by atoms with van der Waals surface area (Å²) in [6.45, 7) is 3.34. The van der Waals surface area contributed by atoms with Crippen LogP contribution in [0.2, 0.25) is 0 Å². The highest BCUT2D eigenvalue weighted by Gasteiger charge is 2.12. The molecule has 0 atom stereocenters. The summed E-state index contributed by atoms with van der Waals surface area (Å²) in [4.78, 5) is 0. The molecule has 0 aliphatic carbocycles. The first-order chi connectivity index (χ1) is 22.8. The van der Waals surface area contributed by atoms with E-state index in [2.05, 4.69) is 139 Å². The van der Waals surface area contributed by atoms with Gasteiger partial charge < -0.3 is 4.57 Å². The van der Waals surface area contributed by atoms with Crippen LogP contribution in [0.4, 0.5) is 11.4 Å². The van der Waals surface area contributed by atoms with Gasteiger partial charge in [-0.05, 0) is 65.6 Å². The lowest BCUT2D eigenvalue weighted by Gasteiger charge is -2.19. The van der Waals surface area contributed by atoms with Crippen LogP contribution in [0.5, 0.6) is 0 Å². The van der Waals surface area contributed by atoms with E-state index in [1.165, 1.54) is 78.7 Å². The second-order valence-electron chi connectivity index (χ2n) is 12.1. The summed E-state index contributed by atoms with van der Waals surface area (Å²) in [5.41, 5.74) is 8.10. The van der Waals surface area contributed by atoms with Crippen LogP contribution in [0.25, 0.3) is 34.0 Å². The van der Waals surface area contributed by atoms with Gasteiger partial charge in [-0.1, -0.05) is 149 Å². The van der Waals surface area contributed by atoms with E-state index < -0.39 is 0 Å². The molecule has 0 N–H and O–H groups in total. The summed E-state index contributed by atoms with van der Waals surface area (Å²) in [5.74, 6) is 0. The number of nitrogens with zero attached hydrogens (tertiary/aromatic N) is 3. The first-order valence-corrected chi connectivity index (χ1v) is 17.0. The number of hydrazone groups is 1. The topological polar surface area (TPSA) is 20.5 Å². The van der Waals surface area contributed by atoms with Crippen LogP contribution in [0, 0.1) is 0 Å². The molecule has 6 aromatic rings. The second-order valence-corrected chi connectivity index (χ2v) is 12.1. The number of hydrogen-bond donors (Lipinski definition) is 0. The van der Waals surface area contributed by atoms with Gasteiger partial charge in [0.2, 0.25) is 0 Å². The van der Waals surface area contributed by atoms with Crippen LogP contribution < -0.4 is 5.01 Å². The largest absolute Gasteiger partial charge is 0.340 e. The Morgan fingerprint density at radius 2 is 1.09 bits per heavy atom. The molecule has 0 amide bonds. The van der Waals surface area contributed by atoms with Crippen LogP contribution in [0.1, 0.15) is 75.0 Å². The fourth-order valence-corrected chi connectivity index (χ4v) is 6.26. The van der Waals surface area contributed by atoms with Gasteiger partial charge in [0.05, 0.1) is 17.6 Å². The number of fused-ring (bicyclic) bond motifs is 3. The summed E-state index contributed by atoms with van der Waals surface area (Å²) in [7, 11) is 0. The van der Waals surface area contributed by atoms with E-state index in [-0.39, 0.29) is 0 Å². The van der Waals surface area contributed by atoms with Gasteiger partial charge >= 0.3 is 0 Å². The maximum absolute atomic E-state index is 5.03. The Kier molecular flexibility index (Phi) is 10.8. The van der Waals surface area contributed by atoms with Crippen LogP contribution in [0.3, 0.4) is 0 Å². The Bertz CT molecular complexity index is 1860. The third-order valence-corrected chi connectivity index (χ3v) is 8.76. The number of anilines is 2. The minimum atomic E-state index is 1.02. The second kappa shape index (κ2) is 15.9. The predicted molar refractivity (Wildman–Crippen MR) is 200 cm³/mol. The lowest BCUT2D eigenvalue weighted by molar-refractivity contribution is 0.553. The lowest BCUT2D eigenvalue weighted by atomic mass is 10.1. The monoisotopic (exact) mass is 603 g/mol. The highest BCUT2D eigenvalue weighted by atomic mass is 15.5. The molecule has 1 aromatic heterocycles. The minimum absolute atomic E-state index is 1.02. The summed E-state index contributed by atoms with van der Waals surface area (Å²) >= 11 is 0. The quantitative estimate of drug-likeness (QED) is 0.0495. The molecule has 0 fully saturated rings. The summed E-state index contributed by atoms with van der Waals surface area (Å²) in [6, 6.07) is 44.9. The highest BCUT2D eigenvalue weighted by molar-refractivity contribution is 6.09. The fraction of sp³-hybridized carbons (Fsp3) is 0.233. The average Bonchev–Trinajstić information content (AvgIpc) is 3.42. The van der Waals surface area contributed by atoms with Crippen molar-refractivity contribution < 1.29 is 0 Å². The molecule has 6 rings (SSSR count). The number of aromatic nitrogens is 1. The van der Waals surface area contributed by atoms with Crippen molar-refractivity contribution in [3.63, 3.8) is 0 Å². The van der Waals surface area contributed by atoms with E-state index in [0.717, 1.165) is 29.0 Å². The molecule has 0 aliphatic rings. The SMILES string of the molecule is CCCCCCCCCCn1c2ccccc2c2cc(C=NN(c3ccccc3)c3ccc(C=Cc4ccccc4)cc3)ccc21. The molecule has 0 radical (unpaired) electrons. The number of unbranched alkanes of at least 4 members (excludes halogenated alkanes) is 7. The zero-order valence-corrected chi connectivity index (χ0v) is 27.1. The fourth-order valence-electron chi connectivity index (χ4n) is 6.26. The number of benzene rings is 5. The smallest absolute Gasteiger partial charge is 0.0653 e. The maximum atomic E-state index is 5.03. The van der Waals surface area contributed by atoms with Crippen molar-refractivity contribution in [3.8, 4) is 0 Å².